The third kappa shape index (κ3) is 3.51. The Morgan fingerprint density at radius 2 is 1.64 bits per heavy atom. The summed E-state index contributed by atoms with van der Waals surface area (Å²) >= 11 is 0. The standard InChI is InChI=1S/C24H19F4N3O2/c1-13-19(32)11-29-31-21(13)23(33)30-12-24(27,28)10-18(30)22(31)20(14-4-2-6-16(25)8-14)15-5-3-7-17(26)9-15/h2-9,11,18,20,22H,10,12H2,1H3/t18-,22-/m1/s1. The number of alkyl halides is 2. The van der Waals surface area contributed by atoms with Gasteiger partial charge in [0.2, 0.25) is 5.43 Å². The van der Waals surface area contributed by atoms with Crippen molar-refractivity contribution in [1.29, 1.82) is 0 Å². The van der Waals surface area contributed by atoms with Crippen molar-refractivity contribution in [2.24, 2.45) is 0 Å². The molecule has 170 valence electrons. The topological polar surface area (TPSA) is 55.2 Å². The molecule has 9 heteroatoms. The monoisotopic (exact) mass is 457 g/mol. The van der Waals surface area contributed by atoms with Crippen LogP contribution in [0.15, 0.2) is 59.5 Å². The van der Waals surface area contributed by atoms with Crippen LogP contribution < -0.4 is 5.43 Å². The number of fused-ring (bicyclic) bond motifs is 2. The van der Waals surface area contributed by atoms with Crippen LogP contribution in [0.4, 0.5) is 17.6 Å². The predicted molar refractivity (Wildman–Crippen MR) is 111 cm³/mol. The largest absolute Gasteiger partial charge is 0.326 e. The number of halogens is 4. The molecular weight excluding hydrogens is 438 g/mol. The van der Waals surface area contributed by atoms with Crippen LogP contribution in [0.25, 0.3) is 0 Å². The molecule has 5 rings (SSSR count). The number of benzene rings is 2. The SMILES string of the molecule is Cc1c2n(ncc1=O)[C@@H](C(c1cccc(F)c1)c1cccc(F)c1)[C@H]1CC(F)(F)CN1C2=O. The molecule has 2 aliphatic rings. The van der Waals surface area contributed by atoms with Gasteiger partial charge < -0.3 is 4.90 Å². The van der Waals surface area contributed by atoms with Gasteiger partial charge in [-0.05, 0) is 42.3 Å². The zero-order chi connectivity index (χ0) is 23.5. The summed E-state index contributed by atoms with van der Waals surface area (Å²) in [7, 11) is 0. The molecule has 0 bridgehead atoms. The van der Waals surface area contributed by atoms with Crippen molar-refractivity contribution in [2.45, 2.75) is 37.3 Å². The average molecular weight is 457 g/mol. The predicted octanol–water partition coefficient (Wildman–Crippen LogP) is 4.07. The van der Waals surface area contributed by atoms with Gasteiger partial charge in [-0.1, -0.05) is 24.3 Å². The summed E-state index contributed by atoms with van der Waals surface area (Å²) in [5.74, 6) is -5.76. The molecule has 3 aromatic rings. The zero-order valence-electron chi connectivity index (χ0n) is 17.5. The maximum absolute atomic E-state index is 14.6. The van der Waals surface area contributed by atoms with E-state index in [1.165, 1.54) is 48.0 Å². The van der Waals surface area contributed by atoms with Gasteiger partial charge in [-0.25, -0.2) is 17.6 Å². The molecule has 3 heterocycles. The smallest absolute Gasteiger partial charge is 0.273 e. The Hall–Kier alpha value is -3.49. The molecule has 1 saturated heterocycles. The molecule has 0 saturated carbocycles. The molecule has 1 aromatic heterocycles. The van der Waals surface area contributed by atoms with Crippen LogP contribution in [0.5, 0.6) is 0 Å². The third-order valence-electron chi connectivity index (χ3n) is 6.46. The number of nitrogens with zero attached hydrogens (tertiary/aromatic N) is 3. The first-order chi connectivity index (χ1) is 15.7. The Morgan fingerprint density at radius 3 is 2.21 bits per heavy atom. The van der Waals surface area contributed by atoms with Crippen molar-refractivity contribution in [1.82, 2.24) is 14.7 Å². The minimum atomic E-state index is -3.15. The summed E-state index contributed by atoms with van der Waals surface area (Å²) in [6.45, 7) is 0.646. The van der Waals surface area contributed by atoms with Crippen LogP contribution in [-0.2, 0) is 0 Å². The lowest BCUT2D eigenvalue weighted by atomic mass is 9.79. The van der Waals surface area contributed by atoms with Gasteiger partial charge in [-0.3, -0.25) is 14.3 Å². The van der Waals surface area contributed by atoms with E-state index in [1.807, 2.05) is 0 Å². The lowest BCUT2D eigenvalue weighted by Crippen LogP contribution is -2.51. The lowest BCUT2D eigenvalue weighted by molar-refractivity contribution is 0.0118. The van der Waals surface area contributed by atoms with Gasteiger partial charge in [0.1, 0.15) is 17.3 Å². The Labute approximate surface area is 186 Å². The second kappa shape index (κ2) is 7.54. The van der Waals surface area contributed by atoms with E-state index in [9.17, 15) is 27.2 Å². The minimum Gasteiger partial charge on any atom is -0.326 e. The van der Waals surface area contributed by atoms with Crippen molar-refractivity contribution in [3.63, 3.8) is 0 Å². The van der Waals surface area contributed by atoms with Crippen molar-refractivity contribution < 1.29 is 22.4 Å². The van der Waals surface area contributed by atoms with E-state index < -0.39 is 59.9 Å². The summed E-state index contributed by atoms with van der Waals surface area (Å²) in [5.41, 5.74) is 0.342. The zero-order valence-corrected chi connectivity index (χ0v) is 17.5. The van der Waals surface area contributed by atoms with Gasteiger partial charge in [-0.15, -0.1) is 0 Å². The number of hydrogen-bond acceptors (Lipinski definition) is 3. The first-order valence-corrected chi connectivity index (χ1v) is 10.4. The molecule has 1 amide bonds. The summed E-state index contributed by atoms with van der Waals surface area (Å²) in [6.07, 6.45) is 0.410. The Morgan fingerprint density at radius 1 is 1.03 bits per heavy atom. The average Bonchev–Trinajstić information content (AvgIpc) is 3.08. The molecule has 2 aromatic carbocycles. The number of amides is 1. The van der Waals surface area contributed by atoms with Crippen molar-refractivity contribution in [2.75, 3.05) is 6.54 Å². The Kier molecular flexibility index (Phi) is 4.88. The van der Waals surface area contributed by atoms with Crippen LogP contribution in [-0.4, -0.2) is 39.1 Å². The van der Waals surface area contributed by atoms with Gasteiger partial charge >= 0.3 is 0 Å². The number of rotatable bonds is 3. The summed E-state index contributed by atoms with van der Waals surface area (Å²) in [6, 6.07) is 9.33. The van der Waals surface area contributed by atoms with Crippen LogP contribution in [0.1, 0.15) is 45.6 Å². The molecule has 1 fully saturated rings. The molecule has 0 aliphatic carbocycles. The number of carbonyl (C=O) groups excluding carboxylic acids is 1. The second-order valence-corrected chi connectivity index (χ2v) is 8.57. The molecule has 2 aliphatic heterocycles. The van der Waals surface area contributed by atoms with Crippen LogP contribution >= 0.6 is 0 Å². The van der Waals surface area contributed by atoms with Gasteiger partial charge in [-0.2, -0.15) is 5.10 Å². The normalized spacial score (nSPS) is 21.3. The molecule has 2 atom stereocenters. The molecule has 33 heavy (non-hydrogen) atoms. The van der Waals surface area contributed by atoms with E-state index >= 15 is 0 Å². The Balaban J connectivity index is 1.80. The van der Waals surface area contributed by atoms with E-state index in [0.29, 0.717) is 11.1 Å². The molecule has 0 radical (unpaired) electrons. The molecular formula is C24H19F4N3O2. The van der Waals surface area contributed by atoms with Crippen LogP contribution in [0, 0.1) is 18.6 Å². The second-order valence-electron chi connectivity index (χ2n) is 8.57. The fourth-order valence-electron chi connectivity index (χ4n) is 5.07. The molecule has 5 nitrogen and oxygen atoms in total. The number of aromatic nitrogens is 2. The highest BCUT2D eigenvalue weighted by Crippen LogP contribution is 2.48. The highest BCUT2D eigenvalue weighted by atomic mass is 19.3. The molecule has 0 unspecified atom stereocenters. The summed E-state index contributed by atoms with van der Waals surface area (Å²) in [5, 5.41) is 4.16. The number of hydrogen-bond donors (Lipinski definition) is 0. The maximum atomic E-state index is 14.6. The highest BCUT2D eigenvalue weighted by Gasteiger charge is 2.56. The third-order valence-corrected chi connectivity index (χ3v) is 6.46. The van der Waals surface area contributed by atoms with Crippen molar-refractivity contribution >= 4 is 5.91 Å². The molecule has 0 N–H and O–H groups in total. The van der Waals surface area contributed by atoms with Gasteiger partial charge in [0.15, 0.2) is 0 Å². The van der Waals surface area contributed by atoms with Crippen molar-refractivity contribution in [3.05, 3.63) is 99.0 Å². The molecule has 0 spiro atoms. The summed E-state index contributed by atoms with van der Waals surface area (Å²) < 4.78 is 58.9. The highest BCUT2D eigenvalue weighted by molar-refractivity contribution is 5.95. The summed E-state index contributed by atoms with van der Waals surface area (Å²) in [4.78, 5) is 26.5. The quantitative estimate of drug-likeness (QED) is 0.558. The fraction of sp³-hybridized carbons (Fsp3) is 0.292. The van der Waals surface area contributed by atoms with Gasteiger partial charge in [0, 0.05) is 17.9 Å². The van der Waals surface area contributed by atoms with Gasteiger partial charge in [0.25, 0.3) is 11.8 Å². The van der Waals surface area contributed by atoms with E-state index in [0.717, 1.165) is 11.1 Å². The van der Waals surface area contributed by atoms with E-state index in [-0.39, 0.29) is 11.3 Å². The lowest BCUT2D eigenvalue weighted by Gasteiger charge is -2.42. The van der Waals surface area contributed by atoms with E-state index in [2.05, 4.69) is 5.10 Å². The fourth-order valence-corrected chi connectivity index (χ4v) is 5.07. The number of carbonyl (C=O) groups is 1. The van der Waals surface area contributed by atoms with Crippen molar-refractivity contribution in [3.8, 4) is 0 Å². The minimum absolute atomic E-state index is 0.0840. The van der Waals surface area contributed by atoms with E-state index in [1.54, 1.807) is 12.1 Å². The first-order valence-electron chi connectivity index (χ1n) is 10.4. The maximum Gasteiger partial charge on any atom is 0.273 e. The van der Waals surface area contributed by atoms with Crippen LogP contribution in [0.2, 0.25) is 0 Å². The van der Waals surface area contributed by atoms with E-state index in [4.69, 9.17) is 0 Å². The Bertz CT molecular complexity index is 1280. The van der Waals surface area contributed by atoms with Crippen LogP contribution in [0.3, 0.4) is 0 Å². The van der Waals surface area contributed by atoms with Gasteiger partial charge in [0.05, 0.1) is 24.8 Å². The first kappa shape index (κ1) is 21.4.